The standard InChI is InChI=1S/C19H14N2/c1-11-3-5-14-9-18-19(12(2)16(14)7-11)15-6-4-13(10-20)8-17(15)21-18/h3-8,21H,2,9H2,1H3. The lowest BCUT2D eigenvalue weighted by molar-refractivity contribution is 1.08. The van der Waals surface area contributed by atoms with Gasteiger partial charge in [-0.15, -0.1) is 0 Å². The summed E-state index contributed by atoms with van der Waals surface area (Å²) >= 11 is 0. The predicted molar refractivity (Wildman–Crippen MR) is 85.1 cm³/mol. The number of nitrogens with one attached hydrogen (secondary N) is 1. The van der Waals surface area contributed by atoms with E-state index in [0.717, 1.165) is 22.9 Å². The number of H-pyrrole nitrogens is 1. The second-order valence-corrected chi connectivity index (χ2v) is 5.67. The van der Waals surface area contributed by atoms with Gasteiger partial charge in [0.25, 0.3) is 0 Å². The Labute approximate surface area is 123 Å². The van der Waals surface area contributed by atoms with Crippen molar-refractivity contribution in [3.63, 3.8) is 0 Å². The van der Waals surface area contributed by atoms with E-state index in [4.69, 9.17) is 5.26 Å². The Morgan fingerprint density at radius 1 is 1.19 bits per heavy atom. The third-order valence-electron chi connectivity index (χ3n) is 4.26. The average molecular weight is 270 g/mol. The topological polar surface area (TPSA) is 39.6 Å². The van der Waals surface area contributed by atoms with Crippen LogP contribution in [0.15, 0.2) is 43.0 Å². The zero-order valence-corrected chi connectivity index (χ0v) is 11.8. The number of aryl methyl sites for hydroxylation is 1. The van der Waals surface area contributed by atoms with Gasteiger partial charge in [0, 0.05) is 28.6 Å². The fourth-order valence-electron chi connectivity index (χ4n) is 3.25. The first-order valence-corrected chi connectivity index (χ1v) is 7.01. The molecule has 0 bridgehead atoms. The summed E-state index contributed by atoms with van der Waals surface area (Å²) in [6, 6.07) is 14.5. The maximum absolute atomic E-state index is 9.04. The van der Waals surface area contributed by atoms with Gasteiger partial charge in [-0.2, -0.15) is 5.26 Å². The van der Waals surface area contributed by atoms with E-state index in [1.54, 1.807) is 0 Å². The molecule has 1 heterocycles. The van der Waals surface area contributed by atoms with Crippen LogP contribution in [0.25, 0.3) is 16.5 Å². The molecular weight excluding hydrogens is 256 g/mol. The Morgan fingerprint density at radius 2 is 2.05 bits per heavy atom. The highest BCUT2D eigenvalue weighted by Gasteiger charge is 2.23. The third-order valence-corrected chi connectivity index (χ3v) is 4.26. The number of fused-ring (bicyclic) bond motifs is 4. The van der Waals surface area contributed by atoms with E-state index in [1.165, 1.54) is 27.9 Å². The summed E-state index contributed by atoms with van der Waals surface area (Å²) in [5.74, 6) is 0. The lowest BCUT2D eigenvalue weighted by atomic mass is 9.84. The fourth-order valence-corrected chi connectivity index (χ4v) is 3.25. The molecule has 2 nitrogen and oxygen atoms in total. The van der Waals surface area contributed by atoms with Crippen LogP contribution in [0.1, 0.15) is 33.5 Å². The molecule has 4 rings (SSSR count). The summed E-state index contributed by atoms with van der Waals surface area (Å²) in [4.78, 5) is 3.46. The van der Waals surface area contributed by atoms with Gasteiger partial charge in [-0.25, -0.2) is 0 Å². The van der Waals surface area contributed by atoms with Crippen LogP contribution in [-0.2, 0) is 6.42 Å². The van der Waals surface area contributed by atoms with Crippen molar-refractivity contribution in [1.82, 2.24) is 4.98 Å². The molecule has 0 saturated heterocycles. The Kier molecular flexibility index (Phi) is 2.34. The summed E-state index contributed by atoms with van der Waals surface area (Å²) in [5, 5.41) is 10.2. The molecule has 3 aromatic rings. The fraction of sp³-hybridized carbons (Fsp3) is 0.105. The number of nitrogens with zero attached hydrogens (tertiary/aromatic N) is 1. The van der Waals surface area contributed by atoms with Crippen LogP contribution >= 0.6 is 0 Å². The molecule has 0 atom stereocenters. The number of aromatic amines is 1. The monoisotopic (exact) mass is 270 g/mol. The number of nitriles is 1. The largest absolute Gasteiger partial charge is 0.358 e. The van der Waals surface area contributed by atoms with E-state index in [9.17, 15) is 0 Å². The molecule has 0 amide bonds. The average Bonchev–Trinajstić information content (AvgIpc) is 2.85. The molecule has 1 aliphatic rings. The van der Waals surface area contributed by atoms with Crippen LogP contribution < -0.4 is 0 Å². The summed E-state index contributed by atoms with van der Waals surface area (Å²) in [5.41, 5.74) is 8.98. The van der Waals surface area contributed by atoms with Crippen molar-refractivity contribution in [1.29, 1.82) is 5.26 Å². The normalized spacial score (nSPS) is 12.9. The second-order valence-electron chi connectivity index (χ2n) is 5.67. The first-order chi connectivity index (χ1) is 10.2. The number of aromatic nitrogens is 1. The first kappa shape index (κ1) is 12.0. The van der Waals surface area contributed by atoms with Gasteiger partial charge in [-0.3, -0.25) is 0 Å². The van der Waals surface area contributed by atoms with Crippen LogP contribution in [0.2, 0.25) is 0 Å². The minimum atomic E-state index is 0.681. The summed E-state index contributed by atoms with van der Waals surface area (Å²) < 4.78 is 0. The second kappa shape index (κ2) is 4.10. The van der Waals surface area contributed by atoms with E-state index < -0.39 is 0 Å². The van der Waals surface area contributed by atoms with Gasteiger partial charge in [0.1, 0.15) is 0 Å². The van der Waals surface area contributed by atoms with Crippen LogP contribution in [0.4, 0.5) is 0 Å². The number of hydrogen-bond acceptors (Lipinski definition) is 1. The SMILES string of the molecule is C=C1c2cc(C)ccc2Cc2[nH]c3cc(C#N)ccc3c21. The number of hydrogen-bond donors (Lipinski definition) is 1. The maximum atomic E-state index is 9.04. The molecule has 0 aliphatic heterocycles. The molecule has 1 aliphatic carbocycles. The third kappa shape index (κ3) is 1.64. The molecule has 0 unspecified atom stereocenters. The maximum Gasteiger partial charge on any atom is 0.0992 e. The van der Waals surface area contributed by atoms with Crippen LogP contribution in [0.3, 0.4) is 0 Å². The van der Waals surface area contributed by atoms with Gasteiger partial charge in [0.2, 0.25) is 0 Å². The van der Waals surface area contributed by atoms with E-state index in [2.05, 4.69) is 42.8 Å². The minimum Gasteiger partial charge on any atom is -0.358 e. The molecule has 2 heteroatoms. The van der Waals surface area contributed by atoms with Crippen LogP contribution in [-0.4, -0.2) is 4.98 Å². The Hall–Kier alpha value is -2.79. The minimum absolute atomic E-state index is 0.681. The smallest absolute Gasteiger partial charge is 0.0992 e. The summed E-state index contributed by atoms with van der Waals surface area (Å²) in [7, 11) is 0. The van der Waals surface area contributed by atoms with Crippen molar-refractivity contribution >= 4 is 16.5 Å². The highest BCUT2D eigenvalue weighted by Crippen LogP contribution is 2.39. The van der Waals surface area contributed by atoms with Crippen LogP contribution in [0.5, 0.6) is 0 Å². The lowest BCUT2D eigenvalue weighted by Gasteiger charge is -2.19. The van der Waals surface area contributed by atoms with Gasteiger partial charge in [0.05, 0.1) is 11.6 Å². The predicted octanol–water partition coefficient (Wildman–Crippen LogP) is 4.31. The zero-order valence-electron chi connectivity index (χ0n) is 11.8. The molecule has 0 saturated carbocycles. The quantitative estimate of drug-likeness (QED) is 0.508. The summed E-state index contributed by atoms with van der Waals surface area (Å²) in [6.07, 6.45) is 0.889. The van der Waals surface area contributed by atoms with Crippen molar-refractivity contribution in [2.45, 2.75) is 13.3 Å². The Balaban J connectivity index is 1.99. The van der Waals surface area contributed by atoms with E-state index in [-0.39, 0.29) is 0 Å². The molecule has 21 heavy (non-hydrogen) atoms. The molecule has 0 spiro atoms. The van der Waals surface area contributed by atoms with Crippen molar-refractivity contribution in [2.24, 2.45) is 0 Å². The summed E-state index contributed by atoms with van der Waals surface area (Å²) in [6.45, 7) is 6.43. The molecule has 0 radical (unpaired) electrons. The van der Waals surface area contributed by atoms with Crippen molar-refractivity contribution in [3.8, 4) is 6.07 Å². The van der Waals surface area contributed by atoms with Crippen LogP contribution in [0, 0.1) is 18.3 Å². The van der Waals surface area contributed by atoms with Crippen molar-refractivity contribution in [2.75, 3.05) is 0 Å². The molecule has 100 valence electrons. The Morgan fingerprint density at radius 3 is 2.86 bits per heavy atom. The highest BCUT2D eigenvalue weighted by atomic mass is 14.7. The van der Waals surface area contributed by atoms with Gasteiger partial charge in [-0.05, 0) is 35.8 Å². The molecule has 2 aromatic carbocycles. The van der Waals surface area contributed by atoms with Gasteiger partial charge in [-0.1, -0.05) is 36.4 Å². The van der Waals surface area contributed by atoms with E-state index in [1.807, 2.05) is 18.2 Å². The Bertz CT molecular complexity index is 952. The molecule has 1 N–H and O–H groups in total. The molecular formula is C19H14N2. The number of benzene rings is 2. The van der Waals surface area contributed by atoms with Gasteiger partial charge >= 0.3 is 0 Å². The van der Waals surface area contributed by atoms with Crippen molar-refractivity contribution in [3.05, 3.63) is 76.5 Å². The number of rotatable bonds is 0. The zero-order chi connectivity index (χ0) is 14.6. The highest BCUT2D eigenvalue weighted by molar-refractivity contribution is 6.00. The van der Waals surface area contributed by atoms with Crippen molar-refractivity contribution < 1.29 is 0 Å². The van der Waals surface area contributed by atoms with Gasteiger partial charge in [0.15, 0.2) is 0 Å². The first-order valence-electron chi connectivity index (χ1n) is 7.01. The van der Waals surface area contributed by atoms with E-state index in [0.29, 0.717) is 5.56 Å². The van der Waals surface area contributed by atoms with Gasteiger partial charge < -0.3 is 4.98 Å². The lowest BCUT2D eigenvalue weighted by Crippen LogP contribution is -2.05. The van der Waals surface area contributed by atoms with E-state index >= 15 is 0 Å². The molecule has 0 fully saturated rings. The molecule has 1 aromatic heterocycles.